The van der Waals surface area contributed by atoms with Crippen LogP contribution < -0.4 is 5.32 Å². The van der Waals surface area contributed by atoms with Crippen LogP contribution in [-0.2, 0) is 11.3 Å². The van der Waals surface area contributed by atoms with E-state index in [1.54, 1.807) is 0 Å². The number of benzene rings is 1. The van der Waals surface area contributed by atoms with Crippen molar-refractivity contribution in [2.75, 3.05) is 11.1 Å². The normalized spacial score (nSPS) is 11.6. The number of hydrogen-bond donors (Lipinski definition) is 1. The highest BCUT2D eigenvalue weighted by molar-refractivity contribution is 7.99. The summed E-state index contributed by atoms with van der Waals surface area (Å²) in [4.78, 5) is 12.1. The number of carbonyl (C=O) groups is 1. The smallest absolute Gasteiger partial charge is 0.322 e. The number of rotatable bonds is 5. The van der Waals surface area contributed by atoms with E-state index >= 15 is 0 Å². The molecule has 1 aromatic carbocycles. The Morgan fingerprint density at radius 3 is 2.71 bits per heavy atom. The lowest BCUT2D eigenvalue weighted by Crippen LogP contribution is -2.19. The number of amides is 1. The van der Waals surface area contributed by atoms with E-state index in [-0.39, 0.29) is 17.1 Å². The van der Waals surface area contributed by atoms with Crippen LogP contribution >= 0.6 is 23.4 Å². The predicted octanol–water partition coefficient (Wildman–Crippen LogP) is 4.28. The zero-order valence-corrected chi connectivity index (χ0v) is 13.9. The average Bonchev–Trinajstić information content (AvgIpc) is 2.84. The number of nitrogens with zero attached hydrogens (tertiary/aromatic N) is 2. The van der Waals surface area contributed by atoms with Gasteiger partial charge in [0.15, 0.2) is 0 Å². The molecule has 1 amide bonds. The van der Waals surface area contributed by atoms with Gasteiger partial charge >= 0.3 is 6.18 Å². The van der Waals surface area contributed by atoms with Gasteiger partial charge in [-0.2, -0.15) is 18.3 Å². The molecule has 130 valence electrons. The maximum Gasteiger partial charge on any atom is 0.398 e. The Bertz CT molecular complexity index is 748. The topological polar surface area (TPSA) is 46.9 Å². The van der Waals surface area contributed by atoms with Gasteiger partial charge in [0.2, 0.25) is 5.91 Å². The van der Waals surface area contributed by atoms with Crippen molar-refractivity contribution in [2.24, 2.45) is 0 Å². The van der Waals surface area contributed by atoms with E-state index in [9.17, 15) is 22.4 Å². The van der Waals surface area contributed by atoms with Gasteiger partial charge in [-0.1, -0.05) is 11.6 Å². The van der Waals surface area contributed by atoms with E-state index in [1.165, 1.54) is 30.1 Å². The van der Waals surface area contributed by atoms with Crippen molar-refractivity contribution in [2.45, 2.75) is 24.5 Å². The largest absolute Gasteiger partial charge is 0.398 e. The molecule has 0 atom stereocenters. The van der Waals surface area contributed by atoms with Gasteiger partial charge in [0.05, 0.1) is 22.7 Å². The van der Waals surface area contributed by atoms with Crippen LogP contribution in [0, 0.1) is 12.7 Å². The summed E-state index contributed by atoms with van der Waals surface area (Å²) in [5.41, 5.74) is 0.173. The summed E-state index contributed by atoms with van der Waals surface area (Å²) in [5.74, 6) is -2.40. The first-order valence-corrected chi connectivity index (χ1v) is 7.98. The van der Waals surface area contributed by atoms with E-state index in [0.717, 1.165) is 6.07 Å². The van der Waals surface area contributed by atoms with E-state index in [1.807, 2.05) is 0 Å². The quantitative estimate of drug-likeness (QED) is 0.621. The molecular weight excluding hydrogens is 370 g/mol. The molecular formula is C14H12ClF4N3OS. The lowest BCUT2D eigenvalue weighted by molar-refractivity contribution is -0.117. The van der Waals surface area contributed by atoms with Crippen molar-refractivity contribution < 1.29 is 22.4 Å². The zero-order chi connectivity index (χ0) is 17.9. The Balaban J connectivity index is 2.09. The average molecular weight is 382 g/mol. The second-order valence-electron chi connectivity index (χ2n) is 4.91. The highest BCUT2D eigenvalue weighted by Crippen LogP contribution is 2.32. The summed E-state index contributed by atoms with van der Waals surface area (Å²) in [6, 6.07) is 2.27. The third kappa shape index (κ3) is 5.41. The molecule has 10 heteroatoms. The van der Waals surface area contributed by atoms with Crippen LogP contribution in [0.15, 0.2) is 29.4 Å². The van der Waals surface area contributed by atoms with E-state index in [4.69, 9.17) is 11.6 Å². The Labute approximate surface area is 144 Å². The van der Waals surface area contributed by atoms with Crippen LogP contribution in [0.1, 0.15) is 5.56 Å². The van der Waals surface area contributed by atoms with Crippen LogP contribution in [0.5, 0.6) is 0 Å². The van der Waals surface area contributed by atoms with Gasteiger partial charge in [0, 0.05) is 11.1 Å². The number of thioether (sulfide) groups is 1. The zero-order valence-electron chi connectivity index (χ0n) is 12.3. The lowest BCUT2D eigenvalue weighted by atomic mass is 10.2. The Hall–Kier alpha value is -1.74. The summed E-state index contributed by atoms with van der Waals surface area (Å²) < 4.78 is 52.1. The van der Waals surface area contributed by atoms with Crippen LogP contribution in [0.25, 0.3) is 0 Å². The maximum absolute atomic E-state index is 13.9. The van der Waals surface area contributed by atoms with Gasteiger partial charge in [-0.15, -0.1) is 11.8 Å². The molecule has 0 aliphatic carbocycles. The summed E-state index contributed by atoms with van der Waals surface area (Å²) in [5, 5.41) is 6.47. The minimum absolute atomic E-state index is 0.187. The molecule has 2 aromatic rings. The molecule has 2 rings (SSSR count). The molecule has 1 aromatic heterocycles. The monoisotopic (exact) mass is 381 g/mol. The van der Waals surface area contributed by atoms with Crippen LogP contribution in [0.3, 0.4) is 0 Å². The van der Waals surface area contributed by atoms with E-state index in [0.29, 0.717) is 22.3 Å². The minimum atomic E-state index is -4.34. The van der Waals surface area contributed by atoms with Crippen molar-refractivity contribution >= 4 is 35.0 Å². The number of nitrogens with one attached hydrogen (secondary N) is 1. The summed E-state index contributed by atoms with van der Waals surface area (Å²) in [7, 11) is 0. The third-order valence-corrected chi connectivity index (χ3v) is 4.26. The molecule has 1 heterocycles. The van der Waals surface area contributed by atoms with E-state index in [2.05, 4.69) is 10.4 Å². The maximum atomic E-state index is 13.9. The minimum Gasteiger partial charge on any atom is -0.322 e. The Morgan fingerprint density at radius 1 is 1.42 bits per heavy atom. The molecule has 0 saturated heterocycles. The van der Waals surface area contributed by atoms with Gasteiger partial charge in [0.25, 0.3) is 0 Å². The van der Waals surface area contributed by atoms with E-state index < -0.39 is 23.7 Å². The summed E-state index contributed by atoms with van der Waals surface area (Å²) >= 11 is 6.20. The molecule has 24 heavy (non-hydrogen) atoms. The second kappa shape index (κ2) is 7.43. The number of hydrogen-bond acceptors (Lipinski definition) is 3. The molecule has 0 aliphatic rings. The van der Waals surface area contributed by atoms with Crippen molar-refractivity contribution in [3.05, 3.63) is 40.9 Å². The van der Waals surface area contributed by atoms with Crippen LogP contribution in [0.4, 0.5) is 23.2 Å². The van der Waals surface area contributed by atoms with Crippen LogP contribution in [-0.4, -0.2) is 27.6 Å². The second-order valence-corrected chi connectivity index (χ2v) is 6.36. The molecule has 4 nitrogen and oxygen atoms in total. The molecule has 0 aliphatic heterocycles. The number of aromatic nitrogens is 2. The van der Waals surface area contributed by atoms with Gasteiger partial charge < -0.3 is 5.32 Å². The molecule has 0 saturated carbocycles. The predicted molar refractivity (Wildman–Crippen MR) is 83.8 cm³/mol. The highest BCUT2D eigenvalue weighted by atomic mass is 35.5. The lowest BCUT2D eigenvalue weighted by Gasteiger charge is -2.12. The fourth-order valence-corrected chi connectivity index (χ4v) is 2.79. The number of halogens is 5. The molecule has 0 unspecified atom stereocenters. The molecule has 0 radical (unpaired) electrons. The number of alkyl halides is 3. The standard InChI is InChI=1S/C14H12ClF4N3OS/c1-8-2-10(16)11(3-12(8)24-7-14(17,18)19)21-13(23)6-22-5-9(15)4-20-22/h2-5H,6-7H2,1H3,(H,21,23). The summed E-state index contributed by atoms with van der Waals surface area (Å²) in [6.07, 6.45) is -1.58. The van der Waals surface area contributed by atoms with Gasteiger partial charge in [0.1, 0.15) is 12.4 Å². The van der Waals surface area contributed by atoms with Crippen LogP contribution in [0.2, 0.25) is 5.02 Å². The first-order valence-electron chi connectivity index (χ1n) is 6.61. The van der Waals surface area contributed by atoms with Gasteiger partial charge in [-0.25, -0.2) is 4.39 Å². The van der Waals surface area contributed by atoms with Crippen molar-refractivity contribution in [3.63, 3.8) is 0 Å². The van der Waals surface area contributed by atoms with Crippen molar-refractivity contribution in [1.29, 1.82) is 0 Å². The Morgan fingerprint density at radius 2 is 2.12 bits per heavy atom. The van der Waals surface area contributed by atoms with Crippen molar-refractivity contribution in [3.8, 4) is 0 Å². The fraction of sp³-hybridized carbons (Fsp3) is 0.286. The van der Waals surface area contributed by atoms with Gasteiger partial charge in [-0.3, -0.25) is 9.48 Å². The highest BCUT2D eigenvalue weighted by Gasteiger charge is 2.27. The van der Waals surface area contributed by atoms with Gasteiger partial charge in [-0.05, 0) is 24.6 Å². The summed E-state index contributed by atoms with van der Waals surface area (Å²) in [6.45, 7) is 1.30. The van der Waals surface area contributed by atoms with Crippen molar-refractivity contribution in [1.82, 2.24) is 9.78 Å². The Kier molecular flexibility index (Phi) is 5.76. The number of carbonyl (C=O) groups excluding carboxylic acids is 1. The first-order chi connectivity index (χ1) is 11.1. The molecule has 1 N–H and O–H groups in total. The molecule has 0 bridgehead atoms. The third-order valence-electron chi connectivity index (χ3n) is 2.84. The SMILES string of the molecule is Cc1cc(F)c(NC(=O)Cn2cc(Cl)cn2)cc1SCC(F)(F)F. The molecule has 0 fully saturated rings. The fourth-order valence-electron chi connectivity index (χ4n) is 1.83. The molecule has 0 spiro atoms. The number of aryl methyl sites for hydroxylation is 1. The first kappa shape index (κ1) is 18.6. The number of anilines is 1.